The first-order chi connectivity index (χ1) is 11.5. The summed E-state index contributed by atoms with van der Waals surface area (Å²) in [4.78, 5) is 25.0. The zero-order valence-corrected chi connectivity index (χ0v) is 13.3. The lowest BCUT2D eigenvalue weighted by Crippen LogP contribution is -2.27. The van der Waals surface area contributed by atoms with Crippen LogP contribution in [0.2, 0.25) is 0 Å². The first kappa shape index (κ1) is 15.9. The van der Waals surface area contributed by atoms with Gasteiger partial charge in [0.2, 0.25) is 5.43 Å². The summed E-state index contributed by atoms with van der Waals surface area (Å²) in [6.45, 7) is 4.22. The first-order valence-corrected chi connectivity index (χ1v) is 7.58. The molecule has 0 aliphatic heterocycles. The highest BCUT2D eigenvalue weighted by molar-refractivity contribution is 6.04. The molecule has 0 bridgehead atoms. The molecule has 3 aromatic rings. The van der Waals surface area contributed by atoms with Crippen LogP contribution in [-0.4, -0.2) is 15.7 Å². The van der Waals surface area contributed by atoms with Crippen LogP contribution in [0.15, 0.2) is 47.3 Å². The zero-order valence-electron chi connectivity index (χ0n) is 13.3. The molecule has 0 spiro atoms. The number of aryl methyl sites for hydroxylation is 2. The van der Waals surface area contributed by atoms with E-state index >= 15 is 0 Å². The van der Waals surface area contributed by atoms with Crippen molar-refractivity contribution < 1.29 is 9.18 Å². The maximum absolute atomic E-state index is 13.5. The van der Waals surface area contributed by atoms with E-state index in [9.17, 15) is 14.0 Å². The monoisotopic (exact) mass is 325 g/mol. The molecule has 3 rings (SSSR count). The number of aromatic nitrogens is 2. The summed E-state index contributed by atoms with van der Waals surface area (Å²) in [6, 6.07) is 11.1. The minimum absolute atomic E-state index is 0.140. The van der Waals surface area contributed by atoms with E-state index in [-0.39, 0.29) is 11.1 Å². The molecule has 0 radical (unpaired) electrons. The predicted octanol–water partition coefficient (Wildman–Crippen LogP) is 3.12. The molecule has 0 saturated carbocycles. The summed E-state index contributed by atoms with van der Waals surface area (Å²) in [5.74, 6) is -1.14. The molecule has 122 valence electrons. The molecule has 6 heteroatoms. The van der Waals surface area contributed by atoms with Gasteiger partial charge in [0.1, 0.15) is 5.82 Å². The van der Waals surface area contributed by atoms with Crippen LogP contribution in [0.5, 0.6) is 0 Å². The Labute approximate surface area is 137 Å². The highest BCUT2D eigenvalue weighted by Gasteiger charge is 2.17. The van der Waals surface area contributed by atoms with E-state index in [1.54, 1.807) is 12.1 Å². The summed E-state index contributed by atoms with van der Waals surface area (Å²) in [5, 5.41) is 6.92. The number of benzene rings is 2. The zero-order chi connectivity index (χ0) is 17.3. The van der Waals surface area contributed by atoms with Gasteiger partial charge in [-0.3, -0.25) is 14.3 Å². The second-order valence-corrected chi connectivity index (χ2v) is 5.48. The molecule has 1 heterocycles. The number of amides is 1. The van der Waals surface area contributed by atoms with Gasteiger partial charge >= 0.3 is 0 Å². The molecule has 0 fully saturated rings. The third-order valence-electron chi connectivity index (χ3n) is 3.74. The first-order valence-electron chi connectivity index (χ1n) is 7.58. The lowest BCUT2D eigenvalue weighted by atomic mass is 10.2. The van der Waals surface area contributed by atoms with Gasteiger partial charge in [-0.15, -0.1) is 0 Å². The van der Waals surface area contributed by atoms with Gasteiger partial charge in [0.15, 0.2) is 5.69 Å². The average Bonchev–Trinajstić information content (AvgIpc) is 2.57. The van der Waals surface area contributed by atoms with Crippen molar-refractivity contribution in [1.29, 1.82) is 0 Å². The Morgan fingerprint density at radius 2 is 1.92 bits per heavy atom. The largest absolute Gasteiger partial charge is 0.320 e. The van der Waals surface area contributed by atoms with Crippen molar-refractivity contribution in [2.45, 2.75) is 20.4 Å². The average molecular weight is 325 g/mol. The van der Waals surface area contributed by atoms with Crippen molar-refractivity contribution in [3.05, 3.63) is 69.8 Å². The summed E-state index contributed by atoms with van der Waals surface area (Å²) in [5.41, 5.74) is 1.28. The van der Waals surface area contributed by atoms with E-state index in [4.69, 9.17) is 0 Å². The summed E-state index contributed by atoms with van der Waals surface area (Å²) in [7, 11) is 0. The van der Waals surface area contributed by atoms with Gasteiger partial charge in [-0.1, -0.05) is 17.7 Å². The van der Waals surface area contributed by atoms with E-state index in [2.05, 4.69) is 10.4 Å². The van der Waals surface area contributed by atoms with Gasteiger partial charge in [-0.2, -0.15) is 5.10 Å². The minimum atomic E-state index is -0.614. The number of nitrogens with one attached hydrogen (secondary N) is 1. The van der Waals surface area contributed by atoms with Crippen molar-refractivity contribution in [3.63, 3.8) is 0 Å². The third kappa shape index (κ3) is 2.90. The van der Waals surface area contributed by atoms with Crippen LogP contribution in [0, 0.1) is 12.7 Å². The van der Waals surface area contributed by atoms with Crippen LogP contribution in [0.25, 0.3) is 10.9 Å². The highest BCUT2D eigenvalue weighted by atomic mass is 19.1. The third-order valence-corrected chi connectivity index (χ3v) is 3.74. The Morgan fingerprint density at radius 3 is 2.58 bits per heavy atom. The van der Waals surface area contributed by atoms with Crippen molar-refractivity contribution in [2.24, 2.45) is 0 Å². The second kappa shape index (κ2) is 6.23. The lowest BCUT2D eigenvalue weighted by Gasteiger charge is -2.10. The fraction of sp³-hybridized carbons (Fsp3) is 0.167. The molecule has 0 atom stereocenters. The molecule has 1 aromatic heterocycles. The number of hydrogen-bond donors (Lipinski definition) is 1. The Bertz CT molecular complexity index is 978. The van der Waals surface area contributed by atoms with E-state index in [0.717, 1.165) is 11.6 Å². The SMILES string of the molecule is CCn1nc(C(=O)Nc2ccc(C)cc2)c(=O)c2cc(F)ccc21. The van der Waals surface area contributed by atoms with E-state index < -0.39 is 17.2 Å². The van der Waals surface area contributed by atoms with Gasteiger partial charge in [0.25, 0.3) is 5.91 Å². The molecule has 1 amide bonds. The fourth-order valence-corrected chi connectivity index (χ4v) is 2.48. The number of carbonyl (C=O) groups excluding carboxylic acids is 1. The topological polar surface area (TPSA) is 64.0 Å². The number of carbonyl (C=O) groups is 1. The van der Waals surface area contributed by atoms with Crippen molar-refractivity contribution >= 4 is 22.5 Å². The molecule has 0 aliphatic carbocycles. The molecule has 1 N–H and O–H groups in total. The molecular formula is C18H16FN3O2. The second-order valence-electron chi connectivity index (χ2n) is 5.48. The molecular weight excluding hydrogens is 309 g/mol. The Kier molecular flexibility index (Phi) is 4.12. The maximum Gasteiger partial charge on any atom is 0.280 e. The fourth-order valence-electron chi connectivity index (χ4n) is 2.48. The van der Waals surface area contributed by atoms with Crippen LogP contribution in [0.4, 0.5) is 10.1 Å². The number of rotatable bonds is 3. The van der Waals surface area contributed by atoms with Crippen LogP contribution in [0.1, 0.15) is 23.0 Å². The summed E-state index contributed by atoms with van der Waals surface area (Å²) in [6.07, 6.45) is 0. The molecule has 5 nitrogen and oxygen atoms in total. The van der Waals surface area contributed by atoms with Gasteiger partial charge in [-0.05, 0) is 44.2 Å². The predicted molar refractivity (Wildman–Crippen MR) is 90.8 cm³/mol. The Balaban J connectivity index is 2.08. The number of halogens is 1. The van der Waals surface area contributed by atoms with Gasteiger partial charge in [-0.25, -0.2) is 4.39 Å². The van der Waals surface area contributed by atoms with Gasteiger partial charge in [0.05, 0.1) is 10.9 Å². The number of nitrogens with zero attached hydrogens (tertiary/aromatic N) is 2. The van der Waals surface area contributed by atoms with Crippen LogP contribution < -0.4 is 10.7 Å². The van der Waals surface area contributed by atoms with Crippen LogP contribution in [0.3, 0.4) is 0 Å². The van der Waals surface area contributed by atoms with Gasteiger partial charge < -0.3 is 5.32 Å². The molecule has 0 unspecified atom stereocenters. The smallest absolute Gasteiger partial charge is 0.280 e. The van der Waals surface area contributed by atoms with Crippen molar-refractivity contribution in [1.82, 2.24) is 9.78 Å². The van der Waals surface area contributed by atoms with Crippen molar-refractivity contribution in [3.8, 4) is 0 Å². The summed E-state index contributed by atoms with van der Waals surface area (Å²) >= 11 is 0. The van der Waals surface area contributed by atoms with E-state index in [1.165, 1.54) is 16.8 Å². The maximum atomic E-state index is 13.5. The lowest BCUT2D eigenvalue weighted by molar-refractivity contribution is 0.101. The number of fused-ring (bicyclic) bond motifs is 1. The molecule has 0 saturated heterocycles. The van der Waals surface area contributed by atoms with Crippen molar-refractivity contribution in [2.75, 3.05) is 5.32 Å². The standard InChI is InChI=1S/C18H16FN3O2/c1-3-22-15-9-6-12(19)10-14(15)17(23)16(21-22)18(24)20-13-7-4-11(2)5-8-13/h4-10H,3H2,1-2H3,(H,20,24). The van der Waals surface area contributed by atoms with Gasteiger partial charge in [0, 0.05) is 12.2 Å². The van der Waals surface area contributed by atoms with Crippen LogP contribution in [-0.2, 0) is 6.54 Å². The Morgan fingerprint density at radius 1 is 1.21 bits per heavy atom. The highest BCUT2D eigenvalue weighted by Crippen LogP contribution is 2.14. The Hall–Kier alpha value is -3.02. The molecule has 24 heavy (non-hydrogen) atoms. The minimum Gasteiger partial charge on any atom is -0.320 e. The van der Waals surface area contributed by atoms with Crippen LogP contribution >= 0.6 is 0 Å². The normalized spacial score (nSPS) is 10.8. The van der Waals surface area contributed by atoms with E-state index in [0.29, 0.717) is 17.7 Å². The summed E-state index contributed by atoms with van der Waals surface area (Å²) < 4.78 is 15.0. The molecule has 2 aromatic carbocycles. The number of anilines is 1. The number of hydrogen-bond acceptors (Lipinski definition) is 3. The molecule has 0 aliphatic rings. The van der Waals surface area contributed by atoms with E-state index in [1.807, 2.05) is 26.0 Å². The quantitative estimate of drug-likeness (QED) is 0.805.